The lowest BCUT2D eigenvalue weighted by atomic mass is 10.0. The maximum atomic E-state index is 11.2. The van der Waals surface area contributed by atoms with Crippen molar-refractivity contribution in [1.29, 1.82) is 0 Å². The summed E-state index contributed by atoms with van der Waals surface area (Å²) in [7, 11) is 0. The molecule has 0 radical (unpaired) electrons. The number of nitrogens with zero attached hydrogens (tertiary/aromatic N) is 1. The zero-order valence-electron chi connectivity index (χ0n) is 11.2. The molecule has 5 heteroatoms. The molecule has 1 aromatic rings. The molecule has 3 N–H and O–H groups in total. The van der Waals surface area contributed by atoms with Gasteiger partial charge in [-0.05, 0) is 60.4 Å². The van der Waals surface area contributed by atoms with Crippen LogP contribution in [0.2, 0.25) is 0 Å². The van der Waals surface area contributed by atoms with Gasteiger partial charge in [0.25, 0.3) is 0 Å². The van der Waals surface area contributed by atoms with Gasteiger partial charge in [0.15, 0.2) is 0 Å². The van der Waals surface area contributed by atoms with E-state index in [1.165, 1.54) is 12.8 Å². The van der Waals surface area contributed by atoms with E-state index in [0.717, 1.165) is 29.8 Å². The SMILES string of the molecule is CCN(c1ccc(C(N)=O)cc1Br)C1CCCNC1. The summed E-state index contributed by atoms with van der Waals surface area (Å²) in [5.74, 6) is -0.394. The Kier molecular flexibility index (Phi) is 4.82. The van der Waals surface area contributed by atoms with Crippen LogP contribution < -0.4 is 16.0 Å². The van der Waals surface area contributed by atoms with Crippen LogP contribution in [0.5, 0.6) is 0 Å². The average Bonchev–Trinajstić information content (AvgIpc) is 2.42. The highest BCUT2D eigenvalue weighted by Gasteiger charge is 2.21. The van der Waals surface area contributed by atoms with Gasteiger partial charge >= 0.3 is 0 Å². The molecule has 0 bridgehead atoms. The fourth-order valence-electron chi connectivity index (χ4n) is 2.62. The van der Waals surface area contributed by atoms with E-state index in [4.69, 9.17) is 5.73 Å². The first kappa shape index (κ1) is 14.3. The monoisotopic (exact) mass is 325 g/mol. The number of benzene rings is 1. The third-order valence-electron chi connectivity index (χ3n) is 3.59. The Bertz CT molecular complexity index is 458. The van der Waals surface area contributed by atoms with Crippen LogP contribution in [0.15, 0.2) is 22.7 Å². The Morgan fingerprint density at radius 1 is 1.58 bits per heavy atom. The van der Waals surface area contributed by atoms with Crippen LogP contribution in [0.25, 0.3) is 0 Å². The molecule has 0 aromatic heterocycles. The second kappa shape index (κ2) is 6.39. The number of carbonyl (C=O) groups is 1. The third-order valence-corrected chi connectivity index (χ3v) is 4.23. The molecule has 1 amide bonds. The van der Waals surface area contributed by atoms with E-state index < -0.39 is 5.91 Å². The van der Waals surface area contributed by atoms with Gasteiger partial charge in [0.2, 0.25) is 5.91 Å². The van der Waals surface area contributed by atoms with Crippen molar-refractivity contribution < 1.29 is 4.79 Å². The minimum absolute atomic E-state index is 0.394. The number of hydrogen-bond donors (Lipinski definition) is 2. The van der Waals surface area contributed by atoms with Crippen LogP contribution in [0.3, 0.4) is 0 Å². The largest absolute Gasteiger partial charge is 0.367 e. The molecular formula is C14H20BrN3O. The molecular weight excluding hydrogens is 306 g/mol. The van der Waals surface area contributed by atoms with E-state index in [0.29, 0.717) is 11.6 Å². The summed E-state index contributed by atoms with van der Waals surface area (Å²) in [6.07, 6.45) is 2.41. The van der Waals surface area contributed by atoms with Crippen molar-refractivity contribution in [2.75, 3.05) is 24.5 Å². The number of piperidine rings is 1. The van der Waals surface area contributed by atoms with Crippen LogP contribution in [-0.2, 0) is 0 Å². The van der Waals surface area contributed by atoms with Crippen LogP contribution in [0, 0.1) is 0 Å². The van der Waals surface area contributed by atoms with Crippen molar-refractivity contribution in [3.05, 3.63) is 28.2 Å². The van der Waals surface area contributed by atoms with Gasteiger partial charge in [-0.2, -0.15) is 0 Å². The van der Waals surface area contributed by atoms with Gasteiger partial charge in [0, 0.05) is 29.2 Å². The van der Waals surface area contributed by atoms with Crippen molar-refractivity contribution in [2.24, 2.45) is 5.73 Å². The first-order valence-electron chi connectivity index (χ1n) is 6.70. The van der Waals surface area contributed by atoms with Crippen molar-refractivity contribution in [3.8, 4) is 0 Å². The van der Waals surface area contributed by atoms with Gasteiger partial charge in [-0.25, -0.2) is 0 Å². The molecule has 2 rings (SSSR count). The molecule has 19 heavy (non-hydrogen) atoms. The second-order valence-corrected chi connectivity index (χ2v) is 5.67. The number of nitrogens with one attached hydrogen (secondary N) is 1. The molecule has 1 heterocycles. The van der Waals surface area contributed by atoms with E-state index in [-0.39, 0.29) is 0 Å². The smallest absolute Gasteiger partial charge is 0.248 e. The predicted molar refractivity (Wildman–Crippen MR) is 81.6 cm³/mol. The van der Waals surface area contributed by atoms with Gasteiger partial charge in [-0.3, -0.25) is 4.79 Å². The number of amides is 1. The third kappa shape index (κ3) is 3.28. The normalized spacial score (nSPS) is 19.2. The molecule has 1 atom stereocenters. The Balaban J connectivity index is 2.24. The van der Waals surface area contributed by atoms with E-state index >= 15 is 0 Å². The molecule has 0 saturated carbocycles. The van der Waals surface area contributed by atoms with Crippen molar-refractivity contribution in [3.63, 3.8) is 0 Å². The number of anilines is 1. The van der Waals surface area contributed by atoms with Crippen LogP contribution in [0.1, 0.15) is 30.1 Å². The molecule has 4 nitrogen and oxygen atoms in total. The van der Waals surface area contributed by atoms with Crippen molar-refractivity contribution in [1.82, 2.24) is 5.32 Å². The van der Waals surface area contributed by atoms with Crippen LogP contribution in [-0.4, -0.2) is 31.6 Å². The standard InChI is InChI=1S/C14H20BrN3O/c1-2-18(11-4-3-7-17-9-11)13-6-5-10(14(16)19)8-12(13)15/h5-6,8,11,17H,2-4,7,9H2,1H3,(H2,16,19). The van der Waals surface area contributed by atoms with E-state index in [1.54, 1.807) is 12.1 Å². The lowest BCUT2D eigenvalue weighted by molar-refractivity contribution is 0.100. The van der Waals surface area contributed by atoms with Gasteiger partial charge in [0.05, 0.1) is 5.69 Å². The highest BCUT2D eigenvalue weighted by molar-refractivity contribution is 9.10. The number of rotatable bonds is 4. The maximum Gasteiger partial charge on any atom is 0.248 e. The zero-order chi connectivity index (χ0) is 13.8. The minimum atomic E-state index is -0.394. The number of nitrogens with two attached hydrogens (primary N) is 1. The lowest BCUT2D eigenvalue weighted by Gasteiger charge is -2.36. The summed E-state index contributed by atoms with van der Waals surface area (Å²) in [5.41, 5.74) is 6.96. The van der Waals surface area contributed by atoms with Crippen LogP contribution >= 0.6 is 15.9 Å². The van der Waals surface area contributed by atoms with E-state index in [2.05, 4.69) is 33.1 Å². The Morgan fingerprint density at radius 2 is 2.37 bits per heavy atom. The molecule has 0 spiro atoms. The zero-order valence-corrected chi connectivity index (χ0v) is 12.7. The van der Waals surface area contributed by atoms with Crippen LogP contribution in [0.4, 0.5) is 5.69 Å². The number of hydrogen-bond acceptors (Lipinski definition) is 3. The molecule has 1 unspecified atom stereocenters. The molecule has 1 fully saturated rings. The maximum absolute atomic E-state index is 11.2. The first-order valence-corrected chi connectivity index (χ1v) is 7.49. The molecule has 1 saturated heterocycles. The highest BCUT2D eigenvalue weighted by atomic mass is 79.9. The quantitative estimate of drug-likeness (QED) is 0.891. The predicted octanol–water partition coefficient (Wildman–Crippen LogP) is 2.13. The fourth-order valence-corrected chi connectivity index (χ4v) is 3.22. The fraction of sp³-hybridized carbons (Fsp3) is 0.500. The Labute approximate surface area is 122 Å². The van der Waals surface area contributed by atoms with Crippen molar-refractivity contribution in [2.45, 2.75) is 25.8 Å². The number of halogens is 1. The topological polar surface area (TPSA) is 58.4 Å². The summed E-state index contributed by atoms with van der Waals surface area (Å²) in [6, 6.07) is 6.08. The van der Waals surface area contributed by atoms with Gasteiger partial charge in [-0.15, -0.1) is 0 Å². The lowest BCUT2D eigenvalue weighted by Crippen LogP contribution is -2.46. The average molecular weight is 326 g/mol. The summed E-state index contributed by atoms with van der Waals surface area (Å²) in [4.78, 5) is 13.6. The molecule has 1 aromatic carbocycles. The van der Waals surface area contributed by atoms with Crippen molar-refractivity contribution >= 4 is 27.5 Å². The molecule has 1 aliphatic rings. The van der Waals surface area contributed by atoms with Gasteiger partial charge < -0.3 is 16.0 Å². The number of carbonyl (C=O) groups excluding carboxylic acids is 1. The number of likely N-dealkylation sites (N-methyl/N-ethyl adjacent to an activating group) is 1. The first-order chi connectivity index (χ1) is 9.13. The second-order valence-electron chi connectivity index (χ2n) is 4.82. The summed E-state index contributed by atoms with van der Waals surface area (Å²) in [6.45, 7) is 5.22. The number of primary amides is 1. The Morgan fingerprint density at radius 3 is 2.89 bits per heavy atom. The molecule has 104 valence electrons. The molecule has 1 aliphatic heterocycles. The summed E-state index contributed by atoms with van der Waals surface area (Å²) >= 11 is 3.55. The minimum Gasteiger partial charge on any atom is -0.367 e. The Hall–Kier alpha value is -1.07. The van der Waals surface area contributed by atoms with Gasteiger partial charge in [-0.1, -0.05) is 0 Å². The highest BCUT2D eigenvalue weighted by Crippen LogP contribution is 2.30. The molecule has 0 aliphatic carbocycles. The van der Waals surface area contributed by atoms with E-state index in [9.17, 15) is 4.79 Å². The summed E-state index contributed by atoms with van der Waals surface area (Å²) < 4.78 is 0.927. The summed E-state index contributed by atoms with van der Waals surface area (Å²) in [5, 5.41) is 3.44. The van der Waals surface area contributed by atoms with E-state index in [1.807, 2.05) is 6.07 Å². The van der Waals surface area contributed by atoms with Gasteiger partial charge in [0.1, 0.15) is 0 Å².